The third-order valence-electron chi connectivity index (χ3n) is 9.51. The van der Waals surface area contributed by atoms with Crippen molar-refractivity contribution in [2.75, 3.05) is 37.8 Å². The zero-order valence-electron chi connectivity index (χ0n) is 25.2. The van der Waals surface area contributed by atoms with Gasteiger partial charge in [-0.05, 0) is 67.4 Å². The molecule has 0 unspecified atom stereocenters. The van der Waals surface area contributed by atoms with Crippen LogP contribution in [0.2, 0.25) is 0 Å². The van der Waals surface area contributed by atoms with Crippen LogP contribution in [0.1, 0.15) is 49.7 Å². The Balaban J connectivity index is 1.47. The average molecular weight is 656 g/mol. The van der Waals surface area contributed by atoms with Gasteiger partial charge in [0.05, 0.1) is 16.7 Å². The zero-order valence-corrected chi connectivity index (χ0v) is 25.2. The number of nitrogens with one attached hydrogen (secondary N) is 1. The van der Waals surface area contributed by atoms with Crippen molar-refractivity contribution in [1.82, 2.24) is 20.3 Å². The summed E-state index contributed by atoms with van der Waals surface area (Å²) in [5, 5.41) is 11.8. The van der Waals surface area contributed by atoms with Gasteiger partial charge in [-0.25, -0.2) is 18.6 Å². The van der Waals surface area contributed by atoms with Crippen molar-refractivity contribution in [1.29, 1.82) is 0 Å². The second kappa shape index (κ2) is 11.8. The van der Waals surface area contributed by atoms with Crippen molar-refractivity contribution >= 4 is 27.5 Å². The first-order valence-electron chi connectivity index (χ1n) is 15.6. The maximum Gasteiger partial charge on any atom is 0.417 e. The number of aromatic nitrogens is 2. The molecular weight excluding hydrogens is 624 g/mol. The van der Waals surface area contributed by atoms with E-state index in [0.717, 1.165) is 37.5 Å². The topological polar surface area (TPSA) is 73.8 Å². The van der Waals surface area contributed by atoms with Crippen LogP contribution in [0.5, 0.6) is 11.8 Å². The lowest BCUT2D eigenvalue weighted by Gasteiger charge is -2.31. The van der Waals surface area contributed by atoms with E-state index in [9.17, 15) is 27.1 Å². The Hall–Kier alpha value is -4.28. The maximum absolute atomic E-state index is 17.0. The van der Waals surface area contributed by atoms with Crippen LogP contribution in [0.15, 0.2) is 30.3 Å². The van der Waals surface area contributed by atoms with E-state index in [1.807, 2.05) is 4.90 Å². The maximum atomic E-state index is 17.0. The number of hydrogen-bond acceptors (Lipinski definition) is 7. The van der Waals surface area contributed by atoms with Crippen LogP contribution in [-0.4, -0.2) is 64.5 Å². The number of benzene rings is 3. The SMILES string of the molecule is C#Cc1c(F)ccc2cc(O)cc(-c3c(C(F)(F)F)cc4c(N5CCCCCN5)nc(OC[C@@]56CCCN5C[C@H](F)C6)nc4c3F)c12. The minimum absolute atomic E-state index is 0.00505. The number of anilines is 1. The Morgan fingerprint density at radius 1 is 1.09 bits per heavy atom. The van der Waals surface area contributed by atoms with Gasteiger partial charge in [0.2, 0.25) is 0 Å². The number of hydrogen-bond donors (Lipinski definition) is 2. The van der Waals surface area contributed by atoms with Crippen LogP contribution in [-0.2, 0) is 6.18 Å². The number of alkyl halides is 4. The first-order valence-corrected chi connectivity index (χ1v) is 15.6. The normalized spacial score (nSPS) is 22.1. The molecule has 3 fully saturated rings. The van der Waals surface area contributed by atoms with E-state index in [1.54, 1.807) is 5.01 Å². The second-order valence-electron chi connectivity index (χ2n) is 12.5. The Bertz CT molecular complexity index is 1920. The third-order valence-corrected chi connectivity index (χ3v) is 9.51. The lowest BCUT2D eigenvalue weighted by Crippen LogP contribution is -2.43. The number of aromatic hydroxyl groups is 1. The molecule has 13 heteroatoms. The summed E-state index contributed by atoms with van der Waals surface area (Å²) in [5.41, 5.74) is -1.05. The Labute approximate surface area is 266 Å². The van der Waals surface area contributed by atoms with Gasteiger partial charge in [0, 0.05) is 42.4 Å². The number of fused-ring (bicyclic) bond motifs is 3. The molecule has 7 nitrogen and oxygen atoms in total. The van der Waals surface area contributed by atoms with Crippen LogP contribution in [0.3, 0.4) is 0 Å². The number of halogens is 6. The van der Waals surface area contributed by atoms with E-state index >= 15 is 4.39 Å². The fourth-order valence-corrected chi connectivity index (χ4v) is 7.40. The van der Waals surface area contributed by atoms with E-state index in [-0.39, 0.29) is 53.1 Å². The molecule has 0 bridgehead atoms. The van der Waals surface area contributed by atoms with Crippen LogP contribution in [0, 0.1) is 24.0 Å². The molecule has 0 aliphatic carbocycles. The molecule has 2 N–H and O–H groups in total. The lowest BCUT2D eigenvalue weighted by molar-refractivity contribution is -0.137. The van der Waals surface area contributed by atoms with Gasteiger partial charge in [-0.1, -0.05) is 18.4 Å². The predicted molar refractivity (Wildman–Crippen MR) is 165 cm³/mol. The van der Waals surface area contributed by atoms with Gasteiger partial charge < -0.3 is 9.84 Å². The molecule has 3 aromatic carbocycles. The number of terminal acetylenes is 1. The number of rotatable bonds is 5. The van der Waals surface area contributed by atoms with Crippen molar-refractivity contribution in [2.24, 2.45) is 0 Å². The highest BCUT2D eigenvalue weighted by molar-refractivity contribution is 6.05. The van der Waals surface area contributed by atoms with E-state index in [4.69, 9.17) is 11.2 Å². The van der Waals surface area contributed by atoms with Gasteiger partial charge in [-0.2, -0.15) is 23.1 Å². The number of ether oxygens (including phenoxy) is 1. The number of phenols is 1. The molecule has 3 aliphatic rings. The average Bonchev–Trinajstić information content (AvgIpc) is 3.40. The summed E-state index contributed by atoms with van der Waals surface area (Å²) in [6.45, 7) is 1.89. The summed E-state index contributed by atoms with van der Waals surface area (Å²) >= 11 is 0. The fraction of sp³-hybridized carbons (Fsp3) is 0.412. The van der Waals surface area contributed by atoms with Gasteiger partial charge in [-0.15, -0.1) is 6.42 Å². The van der Waals surface area contributed by atoms with Crippen LogP contribution in [0.25, 0.3) is 32.8 Å². The molecule has 3 saturated heterocycles. The van der Waals surface area contributed by atoms with Crippen molar-refractivity contribution in [2.45, 2.75) is 56.4 Å². The number of nitrogens with zero attached hydrogens (tertiary/aromatic N) is 4. The van der Waals surface area contributed by atoms with Crippen LogP contribution < -0.4 is 15.2 Å². The molecule has 0 amide bonds. The smallest absolute Gasteiger partial charge is 0.417 e. The largest absolute Gasteiger partial charge is 0.508 e. The van der Waals surface area contributed by atoms with Crippen LogP contribution >= 0.6 is 0 Å². The molecule has 2 atom stereocenters. The first kappa shape index (κ1) is 31.3. The molecule has 0 radical (unpaired) electrons. The van der Waals surface area contributed by atoms with Crippen molar-refractivity contribution in [3.63, 3.8) is 0 Å². The highest BCUT2D eigenvalue weighted by Crippen LogP contribution is 2.47. The molecule has 3 aliphatic heterocycles. The van der Waals surface area contributed by atoms with Crippen molar-refractivity contribution < 1.29 is 36.2 Å². The zero-order chi connectivity index (χ0) is 33.1. The number of hydrazine groups is 1. The molecule has 7 rings (SSSR count). The summed E-state index contributed by atoms with van der Waals surface area (Å²) < 4.78 is 97.1. The Morgan fingerprint density at radius 2 is 1.91 bits per heavy atom. The summed E-state index contributed by atoms with van der Waals surface area (Å²) in [5.74, 6) is -0.580. The molecule has 0 spiro atoms. The van der Waals surface area contributed by atoms with Crippen molar-refractivity contribution in [3.05, 3.63) is 53.1 Å². The summed E-state index contributed by atoms with van der Waals surface area (Å²) in [6.07, 6.45) is 3.64. The quantitative estimate of drug-likeness (QED) is 0.179. The van der Waals surface area contributed by atoms with Gasteiger partial charge in [-0.3, -0.25) is 9.91 Å². The Morgan fingerprint density at radius 3 is 2.70 bits per heavy atom. The molecule has 4 heterocycles. The predicted octanol–water partition coefficient (Wildman–Crippen LogP) is 6.88. The van der Waals surface area contributed by atoms with E-state index in [2.05, 4.69) is 21.3 Å². The Kier molecular flexibility index (Phi) is 7.83. The third kappa shape index (κ3) is 5.47. The highest BCUT2D eigenvalue weighted by atomic mass is 19.4. The van der Waals surface area contributed by atoms with Crippen molar-refractivity contribution in [3.8, 4) is 35.2 Å². The molecule has 47 heavy (non-hydrogen) atoms. The summed E-state index contributed by atoms with van der Waals surface area (Å²) in [7, 11) is 0. The van der Waals surface area contributed by atoms with E-state index in [0.29, 0.717) is 32.5 Å². The summed E-state index contributed by atoms with van der Waals surface area (Å²) in [6, 6.07) is 4.90. The number of phenolic OH excluding ortho intramolecular Hbond substituents is 1. The lowest BCUT2D eigenvalue weighted by atomic mass is 9.89. The molecule has 246 valence electrons. The monoisotopic (exact) mass is 655 g/mol. The fourth-order valence-electron chi connectivity index (χ4n) is 7.40. The molecule has 4 aromatic rings. The van der Waals surface area contributed by atoms with E-state index in [1.165, 1.54) is 12.1 Å². The van der Waals surface area contributed by atoms with Gasteiger partial charge in [0.25, 0.3) is 0 Å². The summed E-state index contributed by atoms with van der Waals surface area (Å²) in [4.78, 5) is 10.8. The van der Waals surface area contributed by atoms with Gasteiger partial charge >= 0.3 is 12.2 Å². The highest BCUT2D eigenvalue weighted by Gasteiger charge is 2.49. The second-order valence-corrected chi connectivity index (χ2v) is 12.5. The minimum Gasteiger partial charge on any atom is -0.508 e. The first-order chi connectivity index (χ1) is 22.5. The molecular formula is C34H31F6N5O2. The minimum atomic E-state index is -5.10. The van der Waals surface area contributed by atoms with Crippen LogP contribution in [0.4, 0.5) is 32.2 Å². The molecule has 1 aromatic heterocycles. The van der Waals surface area contributed by atoms with E-state index < -0.39 is 57.5 Å². The van der Waals surface area contributed by atoms with Gasteiger partial charge in [0.1, 0.15) is 29.9 Å². The molecule has 0 saturated carbocycles. The van der Waals surface area contributed by atoms with Gasteiger partial charge in [0.15, 0.2) is 11.6 Å². The standard InChI is InChI=1S/C34H31F6N5O2/c1-2-22-26(36)8-7-19-13-21(46)14-23(27(19)22)28-25(34(38,39)40)15-24-30(29(28)37)42-32(43-31(24)45-12-5-3-4-10-41-45)47-18-33-9-6-11-44(33)17-20(35)16-33/h1,7-8,13-15,20,41,46H,3-6,9-12,16-18H2/t20-,33+/m1/s1.